The molecule has 150 valence electrons. The molecule has 1 aliphatic rings. The molecule has 0 aliphatic carbocycles. The van der Waals surface area contributed by atoms with E-state index in [-0.39, 0.29) is 0 Å². The first-order valence-electron chi connectivity index (χ1n) is 10.2. The number of aryl methyl sites for hydroxylation is 1. The summed E-state index contributed by atoms with van der Waals surface area (Å²) in [6.45, 7) is 6.66. The summed E-state index contributed by atoms with van der Waals surface area (Å²) in [5.74, 6) is 1.80. The van der Waals surface area contributed by atoms with E-state index in [2.05, 4.69) is 63.8 Å². The zero-order valence-electron chi connectivity index (χ0n) is 17.0. The maximum atomic E-state index is 5.84. The molecule has 1 fully saturated rings. The van der Waals surface area contributed by atoms with Crippen LogP contribution in [0.25, 0.3) is 0 Å². The Kier molecular flexibility index (Phi) is 7.73. The summed E-state index contributed by atoms with van der Waals surface area (Å²) in [5, 5.41) is 6.91. The van der Waals surface area contributed by atoms with Crippen LogP contribution >= 0.6 is 0 Å². The summed E-state index contributed by atoms with van der Waals surface area (Å²) in [6, 6.07) is 19.3. The van der Waals surface area contributed by atoms with Gasteiger partial charge in [0.25, 0.3) is 0 Å². The molecule has 1 saturated heterocycles. The molecule has 0 atom stereocenters. The number of para-hydroxylation sites is 1. The number of hydrogen-bond acceptors (Lipinski definition) is 3. The number of likely N-dealkylation sites (tertiary alicyclic amines) is 1. The predicted octanol–water partition coefficient (Wildman–Crippen LogP) is 3.20. The fourth-order valence-corrected chi connectivity index (χ4v) is 3.51. The van der Waals surface area contributed by atoms with E-state index in [4.69, 9.17) is 4.74 Å². The molecule has 2 aromatic rings. The highest BCUT2D eigenvalue weighted by Crippen LogP contribution is 2.16. The van der Waals surface area contributed by atoms with E-state index in [0.717, 1.165) is 56.3 Å². The lowest BCUT2D eigenvalue weighted by Crippen LogP contribution is -2.49. The second-order valence-corrected chi connectivity index (χ2v) is 7.29. The topological polar surface area (TPSA) is 48.9 Å². The van der Waals surface area contributed by atoms with Gasteiger partial charge in [-0.1, -0.05) is 48.5 Å². The van der Waals surface area contributed by atoms with Crippen LogP contribution in [0.1, 0.15) is 24.0 Å². The average molecular weight is 381 g/mol. The number of aliphatic imine (C=N–C) groups is 1. The van der Waals surface area contributed by atoms with Crippen LogP contribution in [0, 0.1) is 6.92 Å². The van der Waals surface area contributed by atoms with Crippen molar-refractivity contribution in [1.82, 2.24) is 15.5 Å². The summed E-state index contributed by atoms with van der Waals surface area (Å²) in [7, 11) is 1.82. The molecule has 28 heavy (non-hydrogen) atoms. The third-order valence-corrected chi connectivity index (χ3v) is 5.15. The second-order valence-electron chi connectivity index (χ2n) is 7.29. The van der Waals surface area contributed by atoms with E-state index in [1.54, 1.807) is 0 Å². The van der Waals surface area contributed by atoms with Crippen LogP contribution < -0.4 is 15.4 Å². The minimum Gasteiger partial charge on any atom is -0.491 e. The van der Waals surface area contributed by atoms with Crippen molar-refractivity contribution in [2.45, 2.75) is 32.4 Å². The van der Waals surface area contributed by atoms with Gasteiger partial charge in [-0.25, -0.2) is 0 Å². The van der Waals surface area contributed by atoms with E-state index in [1.807, 2.05) is 25.2 Å². The molecule has 2 N–H and O–H groups in total. The smallest absolute Gasteiger partial charge is 0.191 e. The Hall–Kier alpha value is -2.53. The number of nitrogens with one attached hydrogen (secondary N) is 2. The third-order valence-electron chi connectivity index (χ3n) is 5.15. The van der Waals surface area contributed by atoms with E-state index in [0.29, 0.717) is 12.6 Å². The van der Waals surface area contributed by atoms with Crippen molar-refractivity contribution in [2.24, 2.45) is 4.99 Å². The highest BCUT2D eigenvalue weighted by Gasteiger charge is 2.19. The SMILES string of the molecule is CN=C(NCCOc1ccccc1C)NC1CCN(Cc2ccccc2)CC1. The number of hydrogen-bond donors (Lipinski definition) is 2. The van der Waals surface area contributed by atoms with Crippen molar-refractivity contribution in [1.29, 1.82) is 0 Å². The molecule has 0 radical (unpaired) electrons. The van der Waals surface area contributed by atoms with E-state index >= 15 is 0 Å². The van der Waals surface area contributed by atoms with Crippen molar-refractivity contribution >= 4 is 5.96 Å². The number of rotatable bonds is 7. The van der Waals surface area contributed by atoms with Gasteiger partial charge in [0, 0.05) is 32.7 Å². The maximum Gasteiger partial charge on any atom is 0.191 e. The lowest BCUT2D eigenvalue weighted by Gasteiger charge is -2.33. The molecule has 0 spiro atoms. The molecule has 0 aromatic heterocycles. The Morgan fingerprint density at radius 2 is 1.79 bits per heavy atom. The Morgan fingerprint density at radius 1 is 1.07 bits per heavy atom. The number of benzene rings is 2. The van der Waals surface area contributed by atoms with Crippen molar-refractivity contribution < 1.29 is 4.74 Å². The van der Waals surface area contributed by atoms with Gasteiger partial charge in [0.15, 0.2) is 5.96 Å². The monoisotopic (exact) mass is 380 g/mol. The molecule has 0 unspecified atom stereocenters. The lowest BCUT2D eigenvalue weighted by atomic mass is 10.0. The number of piperidine rings is 1. The predicted molar refractivity (Wildman–Crippen MR) is 116 cm³/mol. The summed E-state index contributed by atoms with van der Waals surface area (Å²) in [4.78, 5) is 6.88. The highest BCUT2D eigenvalue weighted by atomic mass is 16.5. The molecular weight excluding hydrogens is 348 g/mol. The molecule has 5 nitrogen and oxygen atoms in total. The first kappa shape index (κ1) is 20.2. The second kappa shape index (κ2) is 10.7. The fourth-order valence-electron chi connectivity index (χ4n) is 3.51. The largest absolute Gasteiger partial charge is 0.491 e. The van der Waals surface area contributed by atoms with Gasteiger partial charge in [0.2, 0.25) is 0 Å². The van der Waals surface area contributed by atoms with Crippen molar-refractivity contribution in [3.63, 3.8) is 0 Å². The normalized spacial score (nSPS) is 16.0. The van der Waals surface area contributed by atoms with Crippen LogP contribution in [-0.4, -0.2) is 50.2 Å². The van der Waals surface area contributed by atoms with Crippen LogP contribution in [0.3, 0.4) is 0 Å². The van der Waals surface area contributed by atoms with E-state index in [9.17, 15) is 0 Å². The molecule has 2 aromatic carbocycles. The molecule has 0 bridgehead atoms. The summed E-state index contributed by atoms with van der Waals surface area (Å²) in [5.41, 5.74) is 2.55. The molecule has 0 amide bonds. The minimum atomic E-state index is 0.468. The number of guanidine groups is 1. The summed E-state index contributed by atoms with van der Waals surface area (Å²) >= 11 is 0. The first-order chi connectivity index (χ1) is 13.7. The molecule has 0 saturated carbocycles. The van der Waals surface area contributed by atoms with Gasteiger partial charge in [-0.3, -0.25) is 9.89 Å². The Balaban J connectivity index is 1.34. The minimum absolute atomic E-state index is 0.468. The van der Waals surface area contributed by atoms with Gasteiger partial charge in [-0.2, -0.15) is 0 Å². The summed E-state index contributed by atoms with van der Waals surface area (Å²) in [6.07, 6.45) is 2.26. The van der Waals surface area contributed by atoms with Crippen molar-refractivity contribution in [3.05, 3.63) is 65.7 Å². The van der Waals surface area contributed by atoms with Gasteiger partial charge >= 0.3 is 0 Å². The molecule has 3 rings (SSSR count). The Bertz CT molecular complexity index is 739. The zero-order chi connectivity index (χ0) is 19.6. The quantitative estimate of drug-likeness (QED) is 0.440. The Morgan fingerprint density at radius 3 is 2.50 bits per heavy atom. The van der Waals surface area contributed by atoms with E-state index < -0.39 is 0 Å². The van der Waals surface area contributed by atoms with Gasteiger partial charge in [0.05, 0.1) is 6.54 Å². The lowest BCUT2D eigenvalue weighted by molar-refractivity contribution is 0.198. The van der Waals surface area contributed by atoms with Crippen LogP contribution in [0.5, 0.6) is 5.75 Å². The molecule has 1 aliphatic heterocycles. The fraction of sp³-hybridized carbons (Fsp3) is 0.435. The maximum absolute atomic E-state index is 5.84. The summed E-state index contributed by atoms with van der Waals surface area (Å²) < 4.78 is 5.84. The highest BCUT2D eigenvalue weighted by molar-refractivity contribution is 5.79. The first-order valence-corrected chi connectivity index (χ1v) is 10.2. The van der Waals surface area contributed by atoms with Crippen LogP contribution in [0.15, 0.2) is 59.6 Å². The number of ether oxygens (including phenoxy) is 1. The third kappa shape index (κ3) is 6.27. The van der Waals surface area contributed by atoms with Gasteiger partial charge < -0.3 is 15.4 Å². The average Bonchev–Trinajstić information content (AvgIpc) is 2.73. The van der Waals surface area contributed by atoms with Crippen LogP contribution in [0.2, 0.25) is 0 Å². The van der Waals surface area contributed by atoms with Gasteiger partial charge in [-0.15, -0.1) is 0 Å². The van der Waals surface area contributed by atoms with Crippen LogP contribution in [-0.2, 0) is 6.54 Å². The van der Waals surface area contributed by atoms with Gasteiger partial charge in [-0.05, 0) is 37.0 Å². The molecule has 5 heteroatoms. The number of nitrogens with zero attached hydrogens (tertiary/aromatic N) is 2. The molecule has 1 heterocycles. The standard InChI is InChI=1S/C23H32N4O/c1-19-8-6-7-11-22(19)28-17-14-25-23(24-2)26-21-12-15-27(16-13-21)18-20-9-4-3-5-10-20/h3-11,21H,12-18H2,1-2H3,(H2,24,25,26). The van der Waals surface area contributed by atoms with Crippen molar-refractivity contribution in [3.8, 4) is 5.75 Å². The van der Waals surface area contributed by atoms with E-state index in [1.165, 1.54) is 5.56 Å². The Labute approximate surface area is 168 Å². The van der Waals surface area contributed by atoms with Crippen LogP contribution in [0.4, 0.5) is 0 Å². The molecular formula is C23H32N4O. The zero-order valence-corrected chi connectivity index (χ0v) is 17.0. The van der Waals surface area contributed by atoms with Crippen molar-refractivity contribution in [2.75, 3.05) is 33.3 Å². The van der Waals surface area contributed by atoms with Gasteiger partial charge in [0.1, 0.15) is 12.4 Å².